The van der Waals surface area contributed by atoms with Gasteiger partial charge in [-0.1, -0.05) is 12.1 Å². The maximum atomic E-state index is 11.7. The van der Waals surface area contributed by atoms with Crippen molar-refractivity contribution >= 4 is 11.8 Å². The lowest BCUT2D eigenvalue weighted by Gasteiger charge is -2.29. The van der Waals surface area contributed by atoms with Crippen LogP contribution in [0.25, 0.3) is 0 Å². The third kappa shape index (κ3) is 2.19. The molecule has 100 valence electrons. The summed E-state index contributed by atoms with van der Waals surface area (Å²) in [6.07, 6.45) is 0. The summed E-state index contributed by atoms with van der Waals surface area (Å²) in [5.41, 5.74) is 0.561. The summed E-state index contributed by atoms with van der Waals surface area (Å²) in [7, 11) is 1.49. The first-order valence-corrected chi connectivity index (χ1v) is 5.90. The van der Waals surface area contributed by atoms with Crippen LogP contribution in [0.4, 0.5) is 0 Å². The average molecular weight is 269 g/mol. The minimum atomic E-state index is -1.08. The predicted molar refractivity (Wildman–Crippen MR) is 67.1 cm³/mol. The van der Waals surface area contributed by atoms with Crippen LogP contribution in [0.5, 0.6) is 5.75 Å². The Hall–Kier alpha value is -2.86. The van der Waals surface area contributed by atoms with E-state index in [0.717, 1.165) is 0 Å². The van der Waals surface area contributed by atoms with Crippen LogP contribution in [0.3, 0.4) is 0 Å². The number of nitrogens with one attached hydrogen (secondary N) is 1. The van der Waals surface area contributed by atoms with Crippen molar-refractivity contribution < 1.29 is 14.3 Å². The second-order valence-electron chi connectivity index (χ2n) is 4.37. The third-order valence-corrected chi connectivity index (χ3v) is 3.29. The maximum Gasteiger partial charge on any atom is 0.244 e. The van der Waals surface area contributed by atoms with Crippen LogP contribution in [0, 0.1) is 34.5 Å². The van der Waals surface area contributed by atoms with Crippen LogP contribution >= 0.6 is 0 Å². The van der Waals surface area contributed by atoms with E-state index in [2.05, 4.69) is 5.32 Å². The Morgan fingerprint density at radius 1 is 1.15 bits per heavy atom. The van der Waals surface area contributed by atoms with E-state index in [1.54, 1.807) is 24.3 Å². The van der Waals surface area contributed by atoms with Crippen LogP contribution in [-0.2, 0) is 9.59 Å². The van der Waals surface area contributed by atoms with Gasteiger partial charge in [-0.05, 0) is 17.7 Å². The lowest BCUT2D eigenvalue weighted by molar-refractivity contribution is -0.137. The molecule has 0 spiro atoms. The van der Waals surface area contributed by atoms with Crippen LogP contribution in [0.2, 0.25) is 0 Å². The Labute approximate surface area is 115 Å². The molecule has 0 bridgehead atoms. The largest absolute Gasteiger partial charge is 0.497 e. The second kappa shape index (κ2) is 5.41. The quantitative estimate of drug-likeness (QED) is 0.796. The number of piperidine rings is 1. The molecule has 3 atom stereocenters. The maximum absolute atomic E-state index is 11.7. The molecule has 0 radical (unpaired) electrons. The van der Waals surface area contributed by atoms with E-state index in [4.69, 9.17) is 15.3 Å². The highest BCUT2D eigenvalue weighted by Gasteiger charge is 2.45. The monoisotopic (exact) mass is 269 g/mol. The van der Waals surface area contributed by atoms with Gasteiger partial charge in [-0.2, -0.15) is 10.5 Å². The minimum Gasteiger partial charge on any atom is -0.497 e. The zero-order valence-corrected chi connectivity index (χ0v) is 10.7. The summed E-state index contributed by atoms with van der Waals surface area (Å²) in [4.78, 5) is 23.5. The number of carbonyl (C=O) groups excluding carboxylic acids is 2. The molecule has 1 fully saturated rings. The van der Waals surface area contributed by atoms with E-state index in [1.165, 1.54) is 7.11 Å². The van der Waals surface area contributed by atoms with Crippen LogP contribution < -0.4 is 10.1 Å². The van der Waals surface area contributed by atoms with Gasteiger partial charge in [0.2, 0.25) is 11.8 Å². The zero-order valence-electron chi connectivity index (χ0n) is 10.7. The Kier molecular flexibility index (Phi) is 3.67. The molecule has 1 aliphatic rings. The number of amides is 2. The van der Waals surface area contributed by atoms with E-state index in [-0.39, 0.29) is 0 Å². The summed E-state index contributed by atoms with van der Waals surface area (Å²) in [6, 6.07) is 10.4. The highest BCUT2D eigenvalue weighted by atomic mass is 16.5. The Bertz CT molecular complexity index is 610. The molecule has 0 aromatic heterocycles. The second-order valence-corrected chi connectivity index (χ2v) is 4.37. The number of hydrogen-bond donors (Lipinski definition) is 1. The smallest absolute Gasteiger partial charge is 0.244 e. The van der Waals surface area contributed by atoms with Gasteiger partial charge in [0.15, 0.2) is 0 Å². The van der Waals surface area contributed by atoms with Crippen molar-refractivity contribution in [2.45, 2.75) is 5.92 Å². The van der Waals surface area contributed by atoms with Crippen LogP contribution in [0.15, 0.2) is 24.3 Å². The predicted octanol–water partition coefficient (Wildman–Crippen LogP) is 0.715. The first-order valence-electron chi connectivity index (χ1n) is 5.90. The molecular weight excluding hydrogens is 258 g/mol. The van der Waals surface area contributed by atoms with E-state index in [0.29, 0.717) is 11.3 Å². The number of ether oxygens (including phenoxy) is 1. The van der Waals surface area contributed by atoms with E-state index >= 15 is 0 Å². The molecule has 1 saturated heterocycles. The minimum absolute atomic E-state index is 0.536. The molecule has 20 heavy (non-hydrogen) atoms. The third-order valence-electron chi connectivity index (χ3n) is 3.29. The number of rotatable bonds is 2. The van der Waals surface area contributed by atoms with E-state index in [9.17, 15) is 9.59 Å². The summed E-state index contributed by atoms with van der Waals surface area (Å²) in [5.74, 6) is -3.75. The van der Waals surface area contributed by atoms with Crippen molar-refractivity contribution in [2.24, 2.45) is 11.8 Å². The van der Waals surface area contributed by atoms with Gasteiger partial charge < -0.3 is 4.74 Å². The summed E-state index contributed by atoms with van der Waals surface area (Å²) in [5, 5.41) is 20.4. The first kappa shape index (κ1) is 13.6. The van der Waals surface area contributed by atoms with Crippen molar-refractivity contribution in [3.8, 4) is 17.9 Å². The van der Waals surface area contributed by atoms with Gasteiger partial charge >= 0.3 is 0 Å². The molecule has 1 unspecified atom stereocenters. The Morgan fingerprint density at radius 2 is 1.75 bits per heavy atom. The summed E-state index contributed by atoms with van der Waals surface area (Å²) in [6.45, 7) is 0. The lowest BCUT2D eigenvalue weighted by Crippen LogP contribution is -2.49. The van der Waals surface area contributed by atoms with Crippen LogP contribution in [0.1, 0.15) is 11.5 Å². The molecule has 2 amide bonds. The van der Waals surface area contributed by atoms with Gasteiger partial charge in [0.1, 0.15) is 17.6 Å². The summed E-state index contributed by atoms with van der Waals surface area (Å²) < 4.78 is 5.09. The Balaban J connectivity index is 2.52. The van der Waals surface area contributed by atoms with Gasteiger partial charge in [-0.25, -0.2) is 0 Å². The van der Waals surface area contributed by atoms with Crippen LogP contribution in [-0.4, -0.2) is 18.9 Å². The number of carbonyl (C=O) groups is 2. The fraction of sp³-hybridized carbons (Fsp3) is 0.286. The number of methoxy groups -OCH3 is 1. The molecule has 1 N–H and O–H groups in total. The molecule has 2 rings (SSSR count). The van der Waals surface area contributed by atoms with Crippen molar-refractivity contribution in [1.82, 2.24) is 5.32 Å². The first-order chi connectivity index (χ1) is 9.62. The number of nitrogens with zero attached hydrogens (tertiary/aromatic N) is 2. The zero-order chi connectivity index (χ0) is 14.7. The van der Waals surface area contributed by atoms with Crippen molar-refractivity contribution in [3.05, 3.63) is 29.8 Å². The van der Waals surface area contributed by atoms with Crippen molar-refractivity contribution in [2.75, 3.05) is 7.11 Å². The average Bonchev–Trinajstić information content (AvgIpc) is 2.46. The van der Waals surface area contributed by atoms with Crippen molar-refractivity contribution in [1.29, 1.82) is 10.5 Å². The SMILES string of the molecule is COc1cccc(C2[C@H](C#N)C(=O)NC(=O)[C@@H]2C#N)c1. The fourth-order valence-corrected chi connectivity index (χ4v) is 2.31. The van der Waals surface area contributed by atoms with Crippen molar-refractivity contribution in [3.63, 3.8) is 0 Å². The molecular formula is C14H11N3O3. The molecule has 1 heterocycles. The lowest BCUT2D eigenvalue weighted by atomic mass is 9.74. The number of nitriles is 2. The van der Waals surface area contributed by atoms with Gasteiger partial charge in [0.05, 0.1) is 19.2 Å². The van der Waals surface area contributed by atoms with Gasteiger partial charge in [-0.3, -0.25) is 14.9 Å². The number of hydrogen-bond acceptors (Lipinski definition) is 5. The standard InChI is InChI=1S/C14H11N3O3/c1-20-9-4-2-3-8(5-9)12-10(6-15)13(18)17-14(19)11(12)7-16/h2-5,10-12H,1H3,(H,17,18,19)/t10-,11+,12?. The van der Waals surface area contributed by atoms with Gasteiger partial charge in [0.25, 0.3) is 0 Å². The van der Waals surface area contributed by atoms with Gasteiger partial charge in [-0.15, -0.1) is 0 Å². The number of benzene rings is 1. The fourth-order valence-electron chi connectivity index (χ4n) is 2.31. The molecule has 1 aromatic rings. The van der Waals surface area contributed by atoms with E-state index < -0.39 is 29.6 Å². The highest BCUT2D eigenvalue weighted by Crippen LogP contribution is 2.36. The molecule has 6 nitrogen and oxygen atoms in total. The molecule has 0 saturated carbocycles. The molecule has 0 aliphatic carbocycles. The normalized spacial score (nSPS) is 25.2. The molecule has 1 aliphatic heterocycles. The molecule has 6 heteroatoms. The molecule has 1 aromatic carbocycles. The Morgan fingerprint density at radius 3 is 2.25 bits per heavy atom. The van der Waals surface area contributed by atoms with Gasteiger partial charge in [0, 0.05) is 5.92 Å². The number of imide groups is 1. The summed E-state index contributed by atoms with van der Waals surface area (Å²) >= 11 is 0. The highest BCUT2D eigenvalue weighted by molar-refractivity contribution is 6.03. The van der Waals surface area contributed by atoms with E-state index in [1.807, 2.05) is 12.1 Å². The topological polar surface area (TPSA) is 103 Å².